The van der Waals surface area contributed by atoms with Crippen molar-refractivity contribution in [2.24, 2.45) is 11.5 Å². The molecular formula is C14H20N2O3. The van der Waals surface area contributed by atoms with Gasteiger partial charge in [0.05, 0.1) is 0 Å². The lowest BCUT2D eigenvalue weighted by atomic mass is 9.95. The molecule has 4 N–H and O–H groups in total. The van der Waals surface area contributed by atoms with Gasteiger partial charge >= 0.3 is 5.97 Å². The number of esters is 1. The smallest absolute Gasteiger partial charge is 0.333 e. The summed E-state index contributed by atoms with van der Waals surface area (Å²) in [5.41, 5.74) is 10.4. The number of unbranched alkanes of at least 4 members (excludes halogenated alkanes) is 1. The number of nitrogens with two attached hydrogens (primary N) is 2. The topological polar surface area (TPSA) is 95.4 Å². The van der Waals surface area contributed by atoms with Crippen LogP contribution in [-0.2, 0) is 20.9 Å². The van der Waals surface area contributed by atoms with Crippen LogP contribution in [0.4, 0.5) is 0 Å². The number of benzene rings is 1. The zero-order valence-corrected chi connectivity index (χ0v) is 10.9. The van der Waals surface area contributed by atoms with Crippen molar-refractivity contribution in [1.29, 1.82) is 0 Å². The number of aldehydes is 1. The Balaban J connectivity index is 2.51. The van der Waals surface area contributed by atoms with Crippen LogP contribution in [0.15, 0.2) is 30.3 Å². The van der Waals surface area contributed by atoms with E-state index in [2.05, 4.69) is 0 Å². The Labute approximate surface area is 112 Å². The highest BCUT2D eigenvalue weighted by molar-refractivity contribution is 5.97. The standard InChI is InChI=1S/C14H20N2O3/c15-9-5-4-8-14(16,11-17)13(18)19-10-12-6-2-1-3-7-12/h1-3,6-7,11H,4-5,8-10,15-16H2. The minimum Gasteiger partial charge on any atom is -0.459 e. The Morgan fingerprint density at radius 1 is 1.26 bits per heavy atom. The Kier molecular flexibility index (Phi) is 6.18. The molecule has 19 heavy (non-hydrogen) atoms. The maximum atomic E-state index is 11.9. The molecular weight excluding hydrogens is 244 g/mol. The molecule has 104 valence electrons. The van der Waals surface area contributed by atoms with E-state index in [0.29, 0.717) is 19.3 Å². The third-order valence-electron chi connectivity index (χ3n) is 2.85. The first-order valence-corrected chi connectivity index (χ1v) is 6.29. The van der Waals surface area contributed by atoms with Gasteiger partial charge in [0.2, 0.25) is 0 Å². The van der Waals surface area contributed by atoms with Crippen LogP contribution in [-0.4, -0.2) is 24.3 Å². The maximum Gasteiger partial charge on any atom is 0.333 e. The van der Waals surface area contributed by atoms with E-state index < -0.39 is 11.5 Å². The third kappa shape index (κ3) is 4.81. The van der Waals surface area contributed by atoms with Gasteiger partial charge in [-0.3, -0.25) is 0 Å². The fourth-order valence-electron chi connectivity index (χ4n) is 1.63. The average molecular weight is 264 g/mol. The van der Waals surface area contributed by atoms with E-state index in [0.717, 1.165) is 12.0 Å². The van der Waals surface area contributed by atoms with Crippen LogP contribution in [0.5, 0.6) is 0 Å². The molecule has 1 aromatic rings. The van der Waals surface area contributed by atoms with Gasteiger partial charge in [-0.2, -0.15) is 0 Å². The molecule has 1 unspecified atom stereocenters. The highest BCUT2D eigenvalue weighted by Gasteiger charge is 2.34. The molecule has 5 nitrogen and oxygen atoms in total. The van der Waals surface area contributed by atoms with Crippen LogP contribution in [0.2, 0.25) is 0 Å². The van der Waals surface area contributed by atoms with E-state index in [9.17, 15) is 9.59 Å². The Hall–Kier alpha value is -1.72. The number of rotatable bonds is 8. The van der Waals surface area contributed by atoms with Crippen LogP contribution in [0.1, 0.15) is 24.8 Å². The first-order valence-electron chi connectivity index (χ1n) is 6.29. The van der Waals surface area contributed by atoms with E-state index >= 15 is 0 Å². The lowest BCUT2D eigenvalue weighted by Crippen LogP contribution is -2.50. The SMILES string of the molecule is NCCCCC(N)(C=O)C(=O)OCc1ccccc1. The Morgan fingerprint density at radius 3 is 2.53 bits per heavy atom. The minimum absolute atomic E-state index is 0.114. The molecule has 0 aliphatic heterocycles. The summed E-state index contributed by atoms with van der Waals surface area (Å²) in [5, 5.41) is 0. The number of carbonyl (C=O) groups excluding carboxylic acids is 2. The Morgan fingerprint density at radius 2 is 1.95 bits per heavy atom. The summed E-state index contributed by atoms with van der Waals surface area (Å²) in [4.78, 5) is 22.9. The van der Waals surface area contributed by atoms with Crippen LogP contribution >= 0.6 is 0 Å². The van der Waals surface area contributed by atoms with Gasteiger partial charge in [0, 0.05) is 0 Å². The Bertz CT molecular complexity index is 408. The fourth-order valence-corrected chi connectivity index (χ4v) is 1.63. The number of hydrogen-bond donors (Lipinski definition) is 2. The van der Waals surface area contributed by atoms with Gasteiger partial charge < -0.3 is 21.0 Å². The lowest BCUT2D eigenvalue weighted by Gasteiger charge is -2.20. The highest BCUT2D eigenvalue weighted by atomic mass is 16.5. The molecule has 0 bridgehead atoms. The molecule has 0 aliphatic carbocycles. The lowest BCUT2D eigenvalue weighted by molar-refractivity contribution is -0.153. The molecule has 0 heterocycles. The van der Waals surface area contributed by atoms with E-state index in [1.165, 1.54) is 0 Å². The van der Waals surface area contributed by atoms with E-state index in [4.69, 9.17) is 16.2 Å². The zero-order valence-electron chi connectivity index (χ0n) is 10.9. The molecule has 1 aromatic carbocycles. The average Bonchev–Trinajstić information content (AvgIpc) is 2.45. The second-order valence-electron chi connectivity index (χ2n) is 4.47. The van der Waals surface area contributed by atoms with Crippen LogP contribution in [0.25, 0.3) is 0 Å². The van der Waals surface area contributed by atoms with Crippen molar-refractivity contribution in [3.63, 3.8) is 0 Å². The summed E-state index contributed by atoms with van der Waals surface area (Å²) in [7, 11) is 0. The van der Waals surface area contributed by atoms with Crippen molar-refractivity contribution in [2.45, 2.75) is 31.4 Å². The normalized spacial score (nSPS) is 13.6. The number of ether oxygens (including phenoxy) is 1. The second-order valence-corrected chi connectivity index (χ2v) is 4.47. The molecule has 1 rings (SSSR count). The summed E-state index contributed by atoms with van der Waals surface area (Å²) >= 11 is 0. The molecule has 1 atom stereocenters. The molecule has 0 saturated carbocycles. The predicted molar refractivity (Wildman–Crippen MR) is 72.1 cm³/mol. The van der Waals surface area contributed by atoms with Crippen LogP contribution in [0, 0.1) is 0 Å². The molecule has 0 spiro atoms. The molecule has 5 heteroatoms. The van der Waals surface area contributed by atoms with Crippen LogP contribution in [0.3, 0.4) is 0 Å². The van der Waals surface area contributed by atoms with Crippen molar-refractivity contribution >= 4 is 12.3 Å². The van der Waals surface area contributed by atoms with Gasteiger partial charge in [0.15, 0.2) is 11.8 Å². The summed E-state index contributed by atoms with van der Waals surface area (Å²) in [6.07, 6.45) is 2.04. The van der Waals surface area contributed by atoms with Crippen LogP contribution < -0.4 is 11.5 Å². The van der Waals surface area contributed by atoms with Crippen molar-refractivity contribution in [1.82, 2.24) is 0 Å². The molecule has 0 saturated heterocycles. The molecule has 0 aromatic heterocycles. The maximum absolute atomic E-state index is 11.9. The summed E-state index contributed by atoms with van der Waals surface area (Å²) in [5.74, 6) is -0.691. The summed E-state index contributed by atoms with van der Waals surface area (Å²) < 4.78 is 5.09. The largest absolute Gasteiger partial charge is 0.459 e. The molecule has 0 aliphatic rings. The van der Waals surface area contributed by atoms with Gasteiger partial charge in [-0.25, -0.2) is 4.79 Å². The van der Waals surface area contributed by atoms with Gasteiger partial charge in [-0.05, 0) is 31.4 Å². The fraction of sp³-hybridized carbons (Fsp3) is 0.429. The van der Waals surface area contributed by atoms with Gasteiger partial charge in [-0.1, -0.05) is 30.3 Å². The second kappa shape index (κ2) is 7.66. The van der Waals surface area contributed by atoms with E-state index in [1.807, 2.05) is 30.3 Å². The third-order valence-corrected chi connectivity index (χ3v) is 2.85. The van der Waals surface area contributed by atoms with Crippen molar-refractivity contribution in [3.8, 4) is 0 Å². The monoisotopic (exact) mass is 264 g/mol. The molecule has 0 amide bonds. The zero-order chi connectivity index (χ0) is 14.1. The first kappa shape index (κ1) is 15.3. The summed E-state index contributed by atoms with van der Waals surface area (Å²) in [6, 6.07) is 9.23. The van der Waals surface area contributed by atoms with Crippen molar-refractivity contribution < 1.29 is 14.3 Å². The van der Waals surface area contributed by atoms with E-state index in [1.54, 1.807) is 0 Å². The predicted octanol–water partition coefficient (Wildman–Crippen LogP) is 0.755. The van der Waals surface area contributed by atoms with Crippen molar-refractivity contribution in [3.05, 3.63) is 35.9 Å². The van der Waals surface area contributed by atoms with Gasteiger partial charge in [-0.15, -0.1) is 0 Å². The van der Waals surface area contributed by atoms with Gasteiger partial charge in [0.25, 0.3) is 0 Å². The number of carbonyl (C=O) groups is 2. The number of hydrogen-bond acceptors (Lipinski definition) is 5. The molecule has 0 radical (unpaired) electrons. The van der Waals surface area contributed by atoms with Crippen molar-refractivity contribution in [2.75, 3.05) is 6.54 Å². The highest BCUT2D eigenvalue weighted by Crippen LogP contribution is 2.12. The quantitative estimate of drug-likeness (QED) is 0.313. The van der Waals surface area contributed by atoms with E-state index in [-0.39, 0.29) is 13.0 Å². The first-order chi connectivity index (χ1) is 9.12. The molecule has 0 fully saturated rings. The summed E-state index contributed by atoms with van der Waals surface area (Å²) in [6.45, 7) is 0.622. The van der Waals surface area contributed by atoms with Gasteiger partial charge in [0.1, 0.15) is 6.61 Å². The minimum atomic E-state index is -1.57.